The first-order valence-electron chi connectivity index (χ1n) is 8.56. The van der Waals surface area contributed by atoms with Gasteiger partial charge in [-0.1, -0.05) is 28.9 Å². The van der Waals surface area contributed by atoms with E-state index in [1.807, 2.05) is 18.2 Å². The Balaban J connectivity index is 1.79. The molecule has 0 N–H and O–H groups in total. The van der Waals surface area contributed by atoms with Gasteiger partial charge in [0.1, 0.15) is 11.5 Å². The van der Waals surface area contributed by atoms with Gasteiger partial charge in [-0.2, -0.15) is 4.98 Å². The van der Waals surface area contributed by atoms with Crippen molar-refractivity contribution in [1.29, 1.82) is 0 Å². The highest BCUT2D eigenvalue weighted by atomic mass is 35.5. The first-order valence-corrected chi connectivity index (χ1v) is 9.31. The molecular formula is C20H16Cl2N4O3. The molecule has 0 unspecified atom stereocenters. The Morgan fingerprint density at radius 2 is 1.62 bits per heavy atom. The molecule has 0 saturated heterocycles. The van der Waals surface area contributed by atoms with Crippen molar-refractivity contribution in [2.75, 3.05) is 26.2 Å². The van der Waals surface area contributed by atoms with Crippen LogP contribution in [0.25, 0.3) is 22.2 Å². The number of hydrogen-bond donors (Lipinski definition) is 0. The van der Waals surface area contributed by atoms with Gasteiger partial charge in [0.25, 0.3) is 0 Å². The molecule has 0 aliphatic rings. The molecule has 0 radical (unpaired) electrons. The molecule has 0 bridgehead atoms. The number of fused-ring (bicyclic) bond motifs is 1. The number of hydrogen-bond acceptors (Lipinski definition) is 7. The van der Waals surface area contributed by atoms with Crippen LogP contribution in [0.3, 0.4) is 0 Å². The van der Waals surface area contributed by atoms with E-state index in [9.17, 15) is 0 Å². The summed E-state index contributed by atoms with van der Waals surface area (Å²) in [7, 11) is 4.94. The van der Waals surface area contributed by atoms with E-state index in [4.69, 9.17) is 37.2 Å². The lowest BCUT2D eigenvalue weighted by Crippen LogP contribution is -2.12. The molecule has 0 fully saturated rings. The first-order chi connectivity index (χ1) is 14.0. The molecule has 148 valence electrons. The minimum Gasteiger partial charge on any atom is -0.493 e. The van der Waals surface area contributed by atoms with Crippen molar-refractivity contribution in [1.82, 2.24) is 15.1 Å². The second-order valence-electron chi connectivity index (χ2n) is 6.16. The Hall–Kier alpha value is -3.03. The van der Waals surface area contributed by atoms with Gasteiger partial charge in [-0.3, -0.25) is 4.90 Å². The molecule has 2 heterocycles. The predicted molar refractivity (Wildman–Crippen MR) is 113 cm³/mol. The fourth-order valence-electron chi connectivity index (χ4n) is 2.95. The van der Waals surface area contributed by atoms with Crippen molar-refractivity contribution in [2.24, 2.45) is 0 Å². The van der Waals surface area contributed by atoms with Crippen LogP contribution < -0.4 is 14.4 Å². The lowest BCUT2D eigenvalue weighted by Gasteiger charge is -2.17. The zero-order chi connectivity index (χ0) is 20.5. The van der Waals surface area contributed by atoms with Gasteiger partial charge in [-0.05, 0) is 29.8 Å². The lowest BCUT2D eigenvalue weighted by molar-refractivity contribution is 0.356. The van der Waals surface area contributed by atoms with E-state index in [0.29, 0.717) is 39.4 Å². The van der Waals surface area contributed by atoms with Crippen LogP contribution in [0.15, 0.2) is 47.0 Å². The maximum atomic E-state index is 6.16. The number of aromatic nitrogens is 3. The van der Waals surface area contributed by atoms with Crippen molar-refractivity contribution in [3.63, 3.8) is 0 Å². The van der Waals surface area contributed by atoms with Crippen LogP contribution in [-0.4, -0.2) is 36.4 Å². The van der Waals surface area contributed by atoms with E-state index in [0.717, 1.165) is 10.9 Å². The van der Waals surface area contributed by atoms with Gasteiger partial charge in [0.2, 0.25) is 11.2 Å². The summed E-state index contributed by atoms with van der Waals surface area (Å²) >= 11 is 12.1. The summed E-state index contributed by atoms with van der Waals surface area (Å²) in [5.41, 5.74) is 2.17. The minimum atomic E-state index is 0.101. The van der Waals surface area contributed by atoms with E-state index < -0.39 is 0 Å². The highest BCUT2D eigenvalue weighted by Gasteiger charge is 2.19. The summed E-state index contributed by atoms with van der Waals surface area (Å²) in [4.78, 5) is 10.4. The van der Waals surface area contributed by atoms with Gasteiger partial charge in [0, 0.05) is 35.2 Å². The van der Waals surface area contributed by atoms with Gasteiger partial charge in [0.15, 0.2) is 11.5 Å². The van der Waals surface area contributed by atoms with Gasteiger partial charge >= 0.3 is 0 Å². The summed E-state index contributed by atoms with van der Waals surface area (Å²) in [6.07, 6.45) is 0. The summed E-state index contributed by atoms with van der Waals surface area (Å²) in [6.45, 7) is 0. The Morgan fingerprint density at radius 3 is 2.31 bits per heavy atom. The fourth-order valence-corrected chi connectivity index (χ4v) is 3.25. The number of methoxy groups -OCH3 is 2. The summed E-state index contributed by atoms with van der Waals surface area (Å²) in [5.74, 6) is 2.13. The summed E-state index contributed by atoms with van der Waals surface area (Å²) in [6, 6.07) is 12.7. The molecule has 0 saturated carbocycles. The third-order valence-electron chi connectivity index (χ3n) is 4.44. The second kappa shape index (κ2) is 7.77. The maximum Gasteiger partial charge on any atom is 0.233 e. The molecular weight excluding hydrogens is 415 g/mol. The average Bonchev–Trinajstić information content (AvgIpc) is 3.22. The number of nitrogens with zero attached hydrogens (tertiary/aromatic N) is 4. The van der Waals surface area contributed by atoms with Gasteiger partial charge in [-0.15, -0.1) is 0 Å². The van der Waals surface area contributed by atoms with Crippen molar-refractivity contribution in [2.45, 2.75) is 0 Å². The molecule has 0 aliphatic carbocycles. The zero-order valence-electron chi connectivity index (χ0n) is 15.8. The number of rotatable bonds is 5. The number of anilines is 2. The third-order valence-corrected chi connectivity index (χ3v) is 4.86. The van der Waals surface area contributed by atoms with E-state index in [2.05, 4.69) is 15.1 Å². The van der Waals surface area contributed by atoms with E-state index in [-0.39, 0.29) is 5.28 Å². The van der Waals surface area contributed by atoms with E-state index >= 15 is 0 Å². The highest BCUT2D eigenvalue weighted by molar-refractivity contribution is 6.30. The molecule has 2 aromatic carbocycles. The molecule has 4 aromatic rings. The number of ether oxygens (including phenoxy) is 2. The molecule has 0 atom stereocenters. The molecule has 0 spiro atoms. The third kappa shape index (κ3) is 3.66. The average molecular weight is 431 g/mol. The molecule has 4 rings (SSSR count). The summed E-state index contributed by atoms with van der Waals surface area (Å²) < 4.78 is 16.3. The monoisotopic (exact) mass is 430 g/mol. The predicted octanol–water partition coefficient (Wildman–Crippen LogP) is 5.38. The van der Waals surface area contributed by atoms with Crippen LogP contribution in [0.2, 0.25) is 10.3 Å². The first kappa shape index (κ1) is 19.3. The van der Waals surface area contributed by atoms with Gasteiger partial charge in [-0.25, -0.2) is 4.98 Å². The van der Waals surface area contributed by atoms with Gasteiger partial charge in [0.05, 0.1) is 19.7 Å². The smallest absolute Gasteiger partial charge is 0.233 e. The standard InChI is InChI=1S/C20H16Cl2N4O3/c1-26(18-10-14(25-29-18)11-4-6-12(21)7-5-11)19-13-8-16(27-2)17(28-3)9-15(13)23-20(22)24-19/h4-10H,1-3H3. The number of benzene rings is 2. The van der Waals surface area contributed by atoms with Crippen LogP contribution in [0.1, 0.15) is 0 Å². The van der Waals surface area contributed by atoms with Crippen LogP contribution in [0, 0.1) is 0 Å². The van der Waals surface area contributed by atoms with E-state index in [1.165, 1.54) is 0 Å². The van der Waals surface area contributed by atoms with Crippen molar-refractivity contribution < 1.29 is 14.0 Å². The fraction of sp³-hybridized carbons (Fsp3) is 0.150. The largest absolute Gasteiger partial charge is 0.493 e. The Bertz CT molecular complexity index is 1180. The molecule has 29 heavy (non-hydrogen) atoms. The normalized spacial score (nSPS) is 10.9. The van der Waals surface area contributed by atoms with Crippen LogP contribution in [-0.2, 0) is 0 Å². The van der Waals surface area contributed by atoms with Gasteiger partial charge < -0.3 is 14.0 Å². The Labute approximate surface area is 176 Å². The molecule has 0 aliphatic heterocycles. The quantitative estimate of drug-likeness (QED) is 0.393. The lowest BCUT2D eigenvalue weighted by atomic mass is 10.1. The number of halogens is 2. The molecule has 0 amide bonds. The SMILES string of the molecule is COc1cc2nc(Cl)nc(N(C)c3cc(-c4ccc(Cl)cc4)no3)c2cc1OC. The molecule has 7 nitrogen and oxygen atoms in total. The van der Waals surface area contributed by atoms with Crippen molar-refractivity contribution in [3.05, 3.63) is 52.8 Å². The Kier molecular flexibility index (Phi) is 5.17. The maximum absolute atomic E-state index is 6.16. The second-order valence-corrected chi connectivity index (χ2v) is 6.93. The van der Waals surface area contributed by atoms with Crippen molar-refractivity contribution in [3.8, 4) is 22.8 Å². The summed E-state index contributed by atoms with van der Waals surface area (Å²) in [5, 5.41) is 5.62. The molecule has 9 heteroatoms. The van der Waals surface area contributed by atoms with E-state index in [1.54, 1.807) is 50.4 Å². The zero-order valence-corrected chi connectivity index (χ0v) is 17.3. The van der Waals surface area contributed by atoms with Crippen LogP contribution >= 0.6 is 23.2 Å². The topological polar surface area (TPSA) is 73.5 Å². The van der Waals surface area contributed by atoms with Crippen LogP contribution in [0.4, 0.5) is 11.7 Å². The van der Waals surface area contributed by atoms with Crippen LogP contribution in [0.5, 0.6) is 11.5 Å². The Morgan fingerprint density at radius 1 is 0.931 bits per heavy atom. The minimum absolute atomic E-state index is 0.101. The van der Waals surface area contributed by atoms with Crippen molar-refractivity contribution >= 4 is 45.8 Å². The highest BCUT2D eigenvalue weighted by Crippen LogP contribution is 2.37. The molecule has 2 aromatic heterocycles.